The van der Waals surface area contributed by atoms with Gasteiger partial charge in [-0.05, 0) is 95.8 Å². The zero-order chi connectivity index (χ0) is 87.0. The van der Waals surface area contributed by atoms with Gasteiger partial charge in [0.25, 0.3) is 5.91 Å². The van der Waals surface area contributed by atoms with E-state index in [9.17, 15) is 77.6 Å². The number of rotatable bonds is 36. The van der Waals surface area contributed by atoms with Crippen LogP contribution in [-0.4, -0.2) is 269 Å². The minimum absolute atomic E-state index is 0.149. The smallest absolute Gasteiger partial charge is 0.331 e. The van der Waals surface area contributed by atoms with Crippen LogP contribution >= 0.6 is 0 Å². The highest BCUT2D eigenvalue weighted by Gasteiger charge is 2.46. The van der Waals surface area contributed by atoms with Gasteiger partial charge in [-0.2, -0.15) is 0 Å². The van der Waals surface area contributed by atoms with Crippen molar-refractivity contribution >= 4 is 94.6 Å². The minimum Gasteiger partial charge on any atom is -0.458 e. The molecule has 0 aromatic rings. The van der Waals surface area contributed by atoms with Crippen molar-refractivity contribution in [3.05, 3.63) is 11.8 Å². The van der Waals surface area contributed by atoms with Gasteiger partial charge in [0.1, 0.15) is 84.3 Å². The SMILES string of the molecule is CC=C(NC(=O)C(C)NC(=O)C(NC(=O)C(NC(=O)CNC(=O)C(C(C)O)N(C)C(=O)C1CCCN1C(=O)CCCCCCCCCCC(C)C)C(C)C)C(C)CC)C(=O)NC1C(=O)NC(C(C)C)C(=O)NC(C(C)C)C(=O)NC(C(C)O)C(=O)NC(CO)C(=O)NC(C(C)CC)C(=O)NC(C2CCNC(=NC)N2C)C(=O)OC1C. The van der Waals surface area contributed by atoms with Gasteiger partial charge in [0, 0.05) is 40.7 Å². The fraction of sp³-hybridized carbons (Fsp3) is 0.772. The second-order valence-electron chi connectivity index (χ2n) is 32.3. The Kier molecular flexibility index (Phi) is 42.8. The summed E-state index contributed by atoms with van der Waals surface area (Å²) in [6.45, 7) is 25.8. The number of nitrogens with zero attached hydrogens (tertiary/aromatic N) is 4. The number of likely N-dealkylation sites (N-methyl/N-ethyl adjacent to an activating group) is 2. The lowest BCUT2D eigenvalue weighted by atomic mass is 9.95. The van der Waals surface area contributed by atoms with E-state index in [0.717, 1.165) is 36.7 Å². The van der Waals surface area contributed by atoms with Crippen LogP contribution in [0.3, 0.4) is 0 Å². The Labute approximate surface area is 678 Å². The molecule has 0 aliphatic carbocycles. The molecule has 3 aliphatic heterocycles. The highest BCUT2D eigenvalue weighted by molar-refractivity contribution is 6.03. The number of amides is 14. The Morgan fingerprint density at radius 2 is 1.20 bits per heavy atom. The zero-order valence-electron chi connectivity index (χ0n) is 71.4. The molecular formula is C79H137N17O19. The Bertz CT molecular complexity index is 3370. The summed E-state index contributed by atoms with van der Waals surface area (Å²) in [5.41, 5.74) is -0.522. The molecule has 18 atom stereocenters. The van der Waals surface area contributed by atoms with Crippen LogP contribution in [-0.2, 0) is 76.7 Å². The summed E-state index contributed by atoms with van der Waals surface area (Å²) in [5, 5.41) is 65.7. The van der Waals surface area contributed by atoms with Gasteiger partial charge in [-0.1, -0.05) is 153 Å². The largest absolute Gasteiger partial charge is 0.458 e. The molecule has 3 fully saturated rings. The molecule has 0 bridgehead atoms. The average molecular weight is 1630 g/mol. The number of aliphatic hydroxyl groups is 3. The number of esters is 1. The highest BCUT2D eigenvalue weighted by atomic mass is 16.5. The third-order valence-electron chi connectivity index (χ3n) is 21.5. The van der Waals surface area contributed by atoms with Gasteiger partial charge in [-0.3, -0.25) is 72.1 Å². The molecular weight excluding hydrogens is 1490 g/mol. The molecule has 3 heterocycles. The maximum Gasteiger partial charge on any atom is 0.331 e. The number of guanidine groups is 1. The maximum atomic E-state index is 15.0. The standard InChI is InChI=1S/C79H137N17O19/c1-21-45(12)60(90-69(105)57(42(6)7)86-55(100)39-82-76(112)65(49(16)99)95(20)77(113)54-34-32-38-96(54)56(101)35-31-29-27-25-24-26-28-30-33-41(4)5)72(108)83-47(14)66(102)84-51(23-3)67(103)92-63-50(17)115-78(114)64(53-36-37-81-79(80-18)94(53)19)93-73(109)61(46(13)22-2)89-68(104)52(40-97)85-74(110)62(48(15)98)91-71(107)59(44(10)11)87-70(106)58(43(8)9)88-75(63)111/h23,41-50,52-54,57-65,97-99H,21-22,24-40H2,1-20H3,(H,80,81)(H,82,112)(H,83,108)(H,84,102)(H,85,110)(H,86,100)(H,87,106)(H,88,111)(H,89,104)(H,90,105)(H,91,107)(H,92,103)(H,93,109). The van der Waals surface area contributed by atoms with Crippen molar-refractivity contribution in [1.29, 1.82) is 0 Å². The topological polar surface area (TPSA) is 504 Å². The molecule has 115 heavy (non-hydrogen) atoms. The number of cyclic esters (lactones) is 1. The number of hydrogen-bond donors (Lipinski definition) is 16. The summed E-state index contributed by atoms with van der Waals surface area (Å²) < 4.78 is 6.07. The van der Waals surface area contributed by atoms with E-state index in [4.69, 9.17) is 4.74 Å². The van der Waals surface area contributed by atoms with Crippen molar-refractivity contribution in [2.24, 2.45) is 40.5 Å². The number of carbonyl (C=O) groups is 15. The highest BCUT2D eigenvalue weighted by Crippen LogP contribution is 2.25. The van der Waals surface area contributed by atoms with Gasteiger partial charge < -0.3 is 104 Å². The molecule has 0 aromatic carbocycles. The number of aliphatic hydroxyl groups excluding tert-OH is 3. The third-order valence-corrected chi connectivity index (χ3v) is 21.5. The van der Waals surface area contributed by atoms with Gasteiger partial charge >= 0.3 is 5.97 Å². The normalized spacial score (nSPS) is 24.4. The number of unbranched alkanes of at least 4 members (excludes halogenated alkanes) is 7. The summed E-state index contributed by atoms with van der Waals surface area (Å²) in [6.07, 6.45) is 8.03. The second kappa shape index (κ2) is 49.1. The number of aliphatic imine (C=N–C) groups is 1. The molecule has 36 nitrogen and oxygen atoms in total. The number of likely N-dealkylation sites (tertiary alicyclic amines) is 1. The van der Waals surface area contributed by atoms with E-state index in [1.807, 2.05) is 0 Å². The predicted molar refractivity (Wildman–Crippen MR) is 429 cm³/mol. The average Bonchev–Trinajstić information content (AvgIpc) is 1.75. The van der Waals surface area contributed by atoms with Crippen molar-refractivity contribution in [3.63, 3.8) is 0 Å². The van der Waals surface area contributed by atoms with E-state index >= 15 is 9.59 Å². The first kappa shape index (κ1) is 100. The van der Waals surface area contributed by atoms with Crippen LogP contribution in [0.1, 0.15) is 214 Å². The summed E-state index contributed by atoms with van der Waals surface area (Å²) in [6, 6.07) is -19.1. The lowest BCUT2D eigenvalue weighted by molar-refractivity contribution is -0.157. The summed E-state index contributed by atoms with van der Waals surface area (Å²) in [5.74, 6) is -16.2. The molecule has 16 N–H and O–H groups in total. The number of ether oxygens (including phenoxy) is 1. The van der Waals surface area contributed by atoms with Crippen LogP contribution < -0.4 is 69.1 Å². The lowest BCUT2D eigenvalue weighted by Gasteiger charge is -2.40. The van der Waals surface area contributed by atoms with E-state index in [0.29, 0.717) is 44.1 Å². The van der Waals surface area contributed by atoms with Gasteiger partial charge in [-0.15, -0.1) is 0 Å². The molecule has 3 rings (SSSR count). The first-order valence-corrected chi connectivity index (χ1v) is 41.0. The minimum atomic E-state index is -1.98. The quantitative estimate of drug-likeness (QED) is 0.0212. The predicted octanol–water partition coefficient (Wildman–Crippen LogP) is -0.596. The van der Waals surface area contributed by atoms with Crippen LogP contribution in [0, 0.1) is 35.5 Å². The molecule has 0 spiro atoms. The number of nitrogens with one attached hydrogen (secondary N) is 13. The van der Waals surface area contributed by atoms with Gasteiger partial charge in [0.2, 0.25) is 76.8 Å². The van der Waals surface area contributed by atoms with Crippen LogP contribution in [0.4, 0.5) is 0 Å². The molecule has 652 valence electrons. The van der Waals surface area contributed by atoms with Crippen molar-refractivity contribution < 1.29 is 92.0 Å². The van der Waals surface area contributed by atoms with Crippen molar-refractivity contribution in [1.82, 2.24) is 83.8 Å². The molecule has 0 saturated carbocycles. The lowest BCUT2D eigenvalue weighted by Crippen LogP contribution is -2.66. The number of allylic oxidation sites excluding steroid dienone is 1. The molecule has 3 saturated heterocycles. The monoisotopic (exact) mass is 1630 g/mol. The van der Waals surface area contributed by atoms with Crippen LogP contribution in [0.5, 0.6) is 0 Å². The molecule has 3 aliphatic rings. The Morgan fingerprint density at radius 1 is 0.652 bits per heavy atom. The Morgan fingerprint density at radius 3 is 1.73 bits per heavy atom. The van der Waals surface area contributed by atoms with E-state index in [1.165, 1.54) is 74.4 Å². The van der Waals surface area contributed by atoms with Gasteiger partial charge in [0.15, 0.2) is 5.96 Å². The molecule has 14 amide bonds. The fourth-order valence-corrected chi connectivity index (χ4v) is 13.8. The van der Waals surface area contributed by atoms with Crippen molar-refractivity contribution in [3.8, 4) is 0 Å². The maximum absolute atomic E-state index is 15.0. The van der Waals surface area contributed by atoms with E-state index in [-0.39, 0.29) is 31.7 Å². The van der Waals surface area contributed by atoms with Crippen molar-refractivity contribution in [2.45, 2.75) is 311 Å². The number of carbonyl (C=O) groups excluding carboxylic acids is 15. The molecule has 0 aromatic heterocycles. The third kappa shape index (κ3) is 30.5. The molecule has 0 radical (unpaired) electrons. The summed E-state index contributed by atoms with van der Waals surface area (Å²) in [4.78, 5) is 222. The van der Waals surface area contributed by atoms with E-state index in [2.05, 4.69) is 88.0 Å². The van der Waals surface area contributed by atoms with Crippen molar-refractivity contribution in [2.75, 3.05) is 47.4 Å². The summed E-state index contributed by atoms with van der Waals surface area (Å²) >= 11 is 0. The first-order valence-electron chi connectivity index (χ1n) is 41.0. The molecule has 36 heteroatoms. The van der Waals surface area contributed by atoms with E-state index in [1.54, 1.807) is 86.1 Å². The van der Waals surface area contributed by atoms with Crippen LogP contribution in [0.2, 0.25) is 0 Å². The first-order chi connectivity index (χ1) is 54.0. The van der Waals surface area contributed by atoms with Gasteiger partial charge in [0.05, 0.1) is 31.4 Å². The van der Waals surface area contributed by atoms with Crippen LogP contribution in [0.25, 0.3) is 0 Å². The van der Waals surface area contributed by atoms with E-state index < -0.39 is 228 Å². The zero-order valence-corrected chi connectivity index (χ0v) is 71.4. The summed E-state index contributed by atoms with van der Waals surface area (Å²) in [7, 11) is 4.40. The van der Waals surface area contributed by atoms with Gasteiger partial charge in [-0.25, -0.2) is 4.79 Å². The van der Waals surface area contributed by atoms with Crippen LogP contribution in [0.15, 0.2) is 16.8 Å². The fourth-order valence-electron chi connectivity index (χ4n) is 13.8. The molecule has 18 unspecified atom stereocenters. The Balaban J connectivity index is 1.92. The second-order valence-corrected chi connectivity index (χ2v) is 32.3. The Hall–Kier alpha value is -9.06. The number of hydrogen-bond acceptors (Lipinski definition) is 20.